The highest BCUT2D eigenvalue weighted by Gasteiger charge is 2.31. The summed E-state index contributed by atoms with van der Waals surface area (Å²) < 4.78 is 26.0. The Kier molecular flexibility index (Phi) is 10.2. The number of rotatable bonds is 10. The van der Waals surface area contributed by atoms with E-state index in [4.69, 9.17) is 24.2 Å². The molecule has 1 aliphatic rings. The zero-order valence-corrected chi connectivity index (χ0v) is 28.5. The number of aromatic nitrogens is 1. The Labute approximate surface area is 279 Å². The van der Waals surface area contributed by atoms with Gasteiger partial charge in [0.2, 0.25) is 0 Å². The number of nitrogens with zero attached hydrogens (tertiary/aromatic N) is 3. The van der Waals surface area contributed by atoms with Crippen molar-refractivity contribution in [1.82, 2.24) is 4.57 Å². The molecular weight excluding hydrogens is 726 g/mol. The van der Waals surface area contributed by atoms with E-state index in [1.54, 1.807) is 30.3 Å². The van der Waals surface area contributed by atoms with Crippen molar-refractivity contribution in [2.24, 2.45) is 4.99 Å². The van der Waals surface area contributed by atoms with E-state index >= 15 is 0 Å². The number of esters is 1. The molecule has 1 aromatic heterocycles. The molecule has 45 heavy (non-hydrogen) atoms. The van der Waals surface area contributed by atoms with E-state index in [1.807, 2.05) is 44.2 Å². The van der Waals surface area contributed by atoms with Crippen LogP contribution in [0.4, 0.5) is 0 Å². The first-order chi connectivity index (χ1) is 21.8. The molecule has 0 fully saturated rings. The number of fused-ring (bicyclic) bond motifs is 1. The van der Waals surface area contributed by atoms with Crippen molar-refractivity contribution in [2.45, 2.75) is 26.5 Å². The van der Waals surface area contributed by atoms with Gasteiger partial charge in [-0.05, 0) is 105 Å². The van der Waals surface area contributed by atoms with Crippen LogP contribution in [0, 0.1) is 11.3 Å². The summed E-state index contributed by atoms with van der Waals surface area (Å²) in [6.07, 6.45) is 3.22. The third kappa shape index (κ3) is 6.91. The predicted molar refractivity (Wildman–Crippen MR) is 177 cm³/mol. The zero-order chi connectivity index (χ0) is 32.1. The first kappa shape index (κ1) is 32.2. The average molecular weight is 753 g/mol. The fourth-order valence-electron chi connectivity index (χ4n) is 4.77. The number of thiazole rings is 1. The number of hydrogen-bond donors (Lipinski definition) is 0. The Balaban J connectivity index is 1.52. The number of methoxy groups -OCH3 is 1. The van der Waals surface area contributed by atoms with Crippen LogP contribution in [0.3, 0.4) is 0 Å². The van der Waals surface area contributed by atoms with Crippen LogP contribution in [-0.4, -0.2) is 30.9 Å². The van der Waals surface area contributed by atoms with Gasteiger partial charge in [-0.15, -0.1) is 0 Å². The summed E-state index contributed by atoms with van der Waals surface area (Å²) >= 11 is 8.41. The molecule has 12 heteroatoms. The molecule has 0 saturated heterocycles. The summed E-state index contributed by atoms with van der Waals surface area (Å²) in [5.74, 6) is 1.09. The fourth-order valence-corrected chi connectivity index (χ4v) is 7.19. The van der Waals surface area contributed by atoms with Crippen LogP contribution < -0.4 is 29.1 Å². The van der Waals surface area contributed by atoms with Gasteiger partial charge in [0.15, 0.2) is 16.3 Å². The van der Waals surface area contributed by atoms with Gasteiger partial charge >= 0.3 is 5.97 Å². The molecule has 0 spiro atoms. The second-order valence-corrected chi connectivity index (χ2v) is 12.4. The molecule has 0 unspecified atom stereocenters. The molecule has 5 rings (SSSR count). The van der Waals surface area contributed by atoms with Crippen molar-refractivity contribution < 1.29 is 23.7 Å². The Morgan fingerprint density at radius 1 is 1.02 bits per heavy atom. The van der Waals surface area contributed by atoms with E-state index in [0.717, 1.165) is 11.1 Å². The lowest BCUT2D eigenvalue weighted by Crippen LogP contribution is -2.39. The van der Waals surface area contributed by atoms with Crippen LogP contribution in [-0.2, 0) is 16.1 Å². The molecule has 2 heterocycles. The standard InChI is InChI=1S/C33H27Br2N3O6S/c1-4-42-26-11-10-22(15-27(26)43-5-2)29-23(32(40)41-3)17-37-33-38(29)31(39)28(45-33)14-21-12-24(34)30(25(35)13-21)44-18-20-8-6-19(16-36)7-9-20/h6-15,17,29H,4-5,18H2,1-3H3/b28-14+/t29-/m0/s1. The second-order valence-electron chi connectivity index (χ2n) is 9.66. The van der Waals surface area contributed by atoms with Crippen LogP contribution in [0.15, 0.2) is 85.1 Å². The van der Waals surface area contributed by atoms with Crippen LogP contribution in [0.5, 0.6) is 17.2 Å². The predicted octanol–water partition coefficient (Wildman–Crippen LogP) is 5.79. The maximum absolute atomic E-state index is 14.0. The second kappa shape index (κ2) is 14.3. The van der Waals surface area contributed by atoms with E-state index in [0.29, 0.717) is 66.5 Å². The first-order valence-electron chi connectivity index (χ1n) is 13.9. The van der Waals surface area contributed by atoms with Crippen molar-refractivity contribution in [3.05, 3.63) is 117 Å². The lowest BCUT2D eigenvalue weighted by Gasteiger charge is -2.23. The average Bonchev–Trinajstić information content (AvgIpc) is 3.35. The van der Waals surface area contributed by atoms with E-state index < -0.39 is 12.0 Å². The Morgan fingerprint density at radius 2 is 1.71 bits per heavy atom. The Hall–Kier alpha value is -4.18. The quantitative estimate of drug-likeness (QED) is 0.189. The molecule has 0 saturated carbocycles. The normalized spacial score (nSPS) is 14.1. The van der Waals surface area contributed by atoms with E-state index in [1.165, 1.54) is 29.2 Å². The Bertz CT molecular complexity index is 1990. The van der Waals surface area contributed by atoms with Crippen LogP contribution in [0.1, 0.15) is 42.1 Å². The lowest BCUT2D eigenvalue weighted by molar-refractivity contribution is -0.136. The van der Waals surface area contributed by atoms with Gasteiger partial charge in [-0.3, -0.25) is 9.36 Å². The fraction of sp³-hybridized carbons (Fsp3) is 0.212. The summed E-state index contributed by atoms with van der Waals surface area (Å²) in [4.78, 5) is 31.7. The van der Waals surface area contributed by atoms with Crippen LogP contribution in [0.2, 0.25) is 0 Å². The van der Waals surface area contributed by atoms with Gasteiger partial charge in [-0.1, -0.05) is 29.5 Å². The van der Waals surface area contributed by atoms with Gasteiger partial charge in [0, 0.05) is 6.20 Å². The number of hydrogen-bond acceptors (Lipinski definition) is 9. The molecule has 230 valence electrons. The molecule has 4 aromatic rings. The molecule has 0 amide bonds. The number of halogens is 2. The van der Waals surface area contributed by atoms with Gasteiger partial charge < -0.3 is 18.9 Å². The van der Waals surface area contributed by atoms with Crippen molar-refractivity contribution in [3.8, 4) is 23.3 Å². The molecule has 0 aliphatic carbocycles. The van der Waals surface area contributed by atoms with E-state index in [2.05, 4.69) is 42.9 Å². The molecular formula is C33H27Br2N3O6S. The number of nitriles is 1. The van der Waals surface area contributed by atoms with Crippen LogP contribution in [0.25, 0.3) is 6.08 Å². The van der Waals surface area contributed by atoms with Gasteiger partial charge in [-0.25, -0.2) is 9.79 Å². The number of carbonyl (C=O) groups is 1. The van der Waals surface area contributed by atoms with Crippen molar-refractivity contribution >= 4 is 55.2 Å². The summed E-state index contributed by atoms with van der Waals surface area (Å²) in [5, 5.41) is 9.02. The minimum absolute atomic E-state index is 0.220. The molecule has 3 aromatic carbocycles. The molecule has 1 atom stereocenters. The number of ether oxygens (including phenoxy) is 4. The zero-order valence-electron chi connectivity index (χ0n) is 24.5. The van der Waals surface area contributed by atoms with Gasteiger partial charge in [0.25, 0.3) is 5.56 Å². The highest BCUT2D eigenvalue weighted by molar-refractivity contribution is 9.11. The van der Waals surface area contributed by atoms with Crippen molar-refractivity contribution in [3.63, 3.8) is 0 Å². The molecule has 0 radical (unpaired) electrons. The summed E-state index contributed by atoms with van der Waals surface area (Å²) in [6, 6.07) is 17.6. The van der Waals surface area contributed by atoms with Gasteiger partial charge in [0.1, 0.15) is 12.4 Å². The maximum atomic E-state index is 14.0. The molecule has 0 N–H and O–H groups in total. The number of benzene rings is 3. The van der Waals surface area contributed by atoms with Crippen LogP contribution >= 0.6 is 43.2 Å². The van der Waals surface area contributed by atoms with E-state index in [9.17, 15) is 9.59 Å². The minimum atomic E-state index is -0.790. The molecule has 1 aliphatic heterocycles. The summed E-state index contributed by atoms with van der Waals surface area (Å²) in [5.41, 5.74) is 2.80. The summed E-state index contributed by atoms with van der Waals surface area (Å²) in [7, 11) is 1.29. The topological polar surface area (TPSA) is 112 Å². The third-order valence-electron chi connectivity index (χ3n) is 6.79. The number of carbonyl (C=O) groups excluding carboxylic acids is 1. The maximum Gasteiger partial charge on any atom is 0.337 e. The van der Waals surface area contributed by atoms with E-state index in [-0.39, 0.29) is 11.1 Å². The lowest BCUT2D eigenvalue weighted by atomic mass is 9.97. The minimum Gasteiger partial charge on any atom is -0.490 e. The van der Waals surface area contributed by atoms with Crippen molar-refractivity contribution in [1.29, 1.82) is 5.26 Å². The third-order valence-corrected chi connectivity index (χ3v) is 8.97. The SMILES string of the molecule is CCOc1ccc([C@H]2C(C(=O)OC)=CN=c3s/c(=C/c4cc(Br)c(OCc5ccc(C#N)cc5)c(Br)c4)c(=O)n32)cc1OCC. The Morgan fingerprint density at radius 3 is 2.36 bits per heavy atom. The molecule has 9 nitrogen and oxygen atoms in total. The van der Waals surface area contributed by atoms with Gasteiger partial charge in [-0.2, -0.15) is 5.26 Å². The largest absolute Gasteiger partial charge is 0.490 e. The highest BCUT2D eigenvalue weighted by atomic mass is 79.9. The highest BCUT2D eigenvalue weighted by Crippen LogP contribution is 2.37. The summed E-state index contributed by atoms with van der Waals surface area (Å²) in [6.45, 7) is 4.93. The smallest absolute Gasteiger partial charge is 0.337 e. The molecule has 0 bridgehead atoms. The van der Waals surface area contributed by atoms with Crippen molar-refractivity contribution in [2.75, 3.05) is 20.3 Å². The first-order valence-corrected chi connectivity index (χ1v) is 16.3. The van der Waals surface area contributed by atoms with Gasteiger partial charge in [0.05, 0.1) is 57.0 Å². The monoisotopic (exact) mass is 751 g/mol.